The largest absolute Gasteiger partial charge is 0.295 e. The Labute approximate surface area is 124 Å². The quantitative estimate of drug-likeness (QED) is 0.710. The number of benzene rings is 1. The fourth-order valence-electron chi connectivity index (χ4n) is 3.14. The maximum Gasteiger partial charge on any atom is 0.0351 e. The molecule has 1 fully saturated rings. The molecular weight excluding hydrogens is 274 g/mol. The predicted molar refractivity (Wildman–Crippen MR) is 85.2 cm³/mol. The van der Waals surface area contributed by atoms with Crippen LogP contribution in [0, 0.1) is 0 Å². The highest BCUT2D eigenvalue weighted by Gasteiger charge is 2.22. The van der Waals surface area contributed by atoms with E-state index < -0.39 is 0 Å². The van der Waals surface area contributed by atoms with Gasteiger partial charge >= 0.3 is 0 Å². The minimum Gasteiger partial charge on any atom is -0.295 e. The van der Waals surface area contributed by atoms with Crippen molar-refractivity contribution in [2.45, 2.75) is 38.3 Å². The lowest BCUT2D eigenvalue weighted by atomic mass is 10.1. The summed E-state index contributed by atoms with van der Waals surface area (Å²) in [6.45, 7) is 2.07. The van der Waals surface area contributed by atoms with E-state index in [0.29, 0.717) is 0 Å². The minimum atomic E-state index is 0.735. The molecule has 0 aliphatic heterocycles. The molecule has 0 unspecified atom stereocenters. The molecule has 0 atom stereocenters. The molecule has 0 N–H and O–H groups in total. The highest BCUT2D eigenvalue weighted by molar-refractivity contribution is 7.17. The van der Waals surface area contributed by atoms with Crippen LogP contribution in [0.4, 0.5) is 0 Å². The van der Waals surface area contributed by atoms with Gasteiger partial charge in [-0.05, 0) is 35.2 Å². The van der Waals surface area contributed by atoms with Crippen LogP contribution in [0.2, 0.25) is 0 Å². The van der Waals surface area contributed by atoms with Crippen LogP contribution in [-0.4, -0.2) is 23.4 Å². The lowest BCUT2D eigenvalue weighted by Crippen LogP contribution is -2.34. The van der Waals surface area contributed by atoms with Gasteiger partial charge in [0.05, 0.1) is 0 Å². The van der Waals surface area contributed by atoms with Crippen molar-refractivity contribution in [1.29, 1.82) is 0 Å². The highest BCUT2D eigenvalue weighted by Crippen LogP contribution is 2.30. The Kier molecular flexibility index (Phi) is 4.42. The van der Waals surface area contributed by atoms with Gasteiger partial charge in [0.2, 0.25) is 0 Å². The molecule has 1 saturated carbocycles. The van der Waals surface area contributed by atoms with E-state index in [-0.39, 0.29) is 0 Å². The number of alkyl halides is 1. The van der Waals surface area contributed by atoms with Crippen molar-refractivity contribution in [3.8, 4) is 0 Å². The Morgan fingerprint density at radius 3 is 2.79 bits per heavy atom. The molecule has 1 nitrogen and oxygen atoms in total. The van der Waals surface area contributed by atoms with Gasteiger partial charge in [0.15, 0.2) is 0 Å². The predicted octanol–water partition coefficient (Wildman–Crippen LogP) is 4.88. The second kappa shape index (κ2) is 6.25. The summed E-state index contributed by atoms with van der Waals surface area (Å²) in [4.78, 5) is 2.59. The van der Waals surface area contributed by atoms with Crippen molar-refractivity contribution in [1.82, 2.24) is 4.90 Å². The van der Waals surface area contributed by atoms with Crippen LogP contribution in [0.25, 0.3) is 10.1 Å². The van der Waals surface area contributed by atoms with Crippen molar-refractivity contribution >= 4 is 33.0 Å². The summed E-state index contributed by atoms with van der Waals surface area (Å²) >= 11 is 7.85. The van der Waals surface area contributed by atoms with E-state index >= 15 is 0 Å². The van der Waals surface area contributed by atoms with Crippen LogP contribution in [0.5, 0.6) is 0 Å². The average Bonchev–Trinajstić information content (AvgIpc) is 3.08. The molecular formula is C16H20ClNS. The van der Waals surface area contributed by atoms with Crippen molar-refractivity contribution in [3.63, 3.8) is 0 Å². The molecule has 0 radical (unpaired) electrons. The first-order valence-electron chi connectivity index (χ1n) is 7.13. The lowest BCUT2D eigenvalue weighted by molar-refractivity contribution is 0.202. The van der Waals surface area contributed by atoms with Gasteiger partial charge in [-0.2, -0.15) is 0 Å². The summed E-state index contributed by atoms with van der Waals surface area (Å²) in [5.41, 5.74) is 1.47. The van der Waals surface area contributed by atoms with Crippen molar-refractivity contribution < 1.29 is 0 Å². The first-order valence-corrected chi connectivity index (χ1v) is 8.55. The summed E-state index contributed by atoms with van der Waals surface area (Å²) in [6, 6.07) is 9.47. The molecule has 102 valence electrons. The number of hydrogen-bond donors (Lipinski definition) is 0. The van der Waals surface area contributed by atoms with Crippen LogP contribution in [-0.2, 0) is 6.54 Å². The monoisotopic (exact) mass is 293 g/mol. The number of hydrogen-bond acceptors (Lipinski definition) is 2. The Morgan fingerprint density at radius 1 is 1.21 bits per heavy atom. The van der Waals surface area contributed by atoms with Crippen molar-refractivity contribution in [2.24, 2.45) is 0 Å². The van der Waals surface area contributed by atoms with Gasteiger partial charge in [0.1, 0.15) is 0 Å². The topological polar surface area (TPSA) is 3.24 Å². The van der Waals surface area contributed by atoms with E-state index in [2.05, 4.69) is 34.5 Å². The Morgan fingerprint density at radius 2 is 2.00 bits per heavy atom. The summed E-state index contributed by atoms with van der Waals surface area (Å²) in [5, 5.41) is 3.74. The smallest absolute Gasteiger partial charge is 0.0351 e. The fourth-order valence-corrected chi connectivity index (χ4v) is 4.31. The maximum absolute atomic E-state index is 5.99. The summed E-state index contributed by atoms with van der Waals surface area (Å²) < 4.78 is 1.40. The molecule has 1 heterocycles. The summed E-state index contributed by atoms with van der Waals surface area (Å²) in [6.07, 6.45) is 5.46. The second-order valence-corrected chi connectivity index (χ2v) is 6.64. The molecule has 3 heteroatoms. The molecule has 0 spiro atoms. The summed E-state index contributed by atoms with van der Waals surface area (Å²) in [7, 11) is 0. The van der Waals surface area contributed by atoms with E-state index in [4.69, 9.17) is 11.6 Å². The van der Waals surface area contributed by atoms with Gasteiger partial charge in [-0.3, -0.25) is 4.90 Å². The molecule has 2 aromatic rings. The van der Waals surface area contributed by atoms with Gasteiger partial charge in [0, 0.05) is 29.7 Å². The normalized spacial score (nSPS) is 16.7. The Hall–Kier alpha value is -0.570. The third-order valence-corrected chi connectivity index (χ3v) is 5.33. The molecule has 0 saturated heterocycles. The number of halogens is 1. The van der Waals surface area contributed by atoms with E-state index in [1.165, 1.54) is 41.3 Å². The lowest BCUT2D eigenvalue weighted by Gasteiger charge is -2.27. The van der Waals surface area contributed by atoms with Gasteiger partial charge in [0.25, 0.3) is 0 Å². The standard InChI is InChI=1S/C16H20ClNS/c17-9-10-18(14-5-1-2-6-14)11-13-12-19-16-8-4-3-7-15(13)16/h3-4,7-8,12,14H,1-2,5-6,9-11H2. The summed E-state index contributed by atoms with van der Waals surface area (Å²) in [5.74, 6) is 0.735. The van der Waals surface area contributed by atoms with Crippen LogP contribution in [0.3, 0.4) is 0 Å². The molecule has 3 rings (SSSR count). The van der Waals surface area contributed by atoms with E-state index in [1.807, 2.05) is 11.3 Å². The second-order valence-electron chi connectivity index (χ2n) is 5.35. The third kappa shape index (κ3) is 2.96. The van der Waals surface area contributed by atoms with Gasteiger partial charge in [-0.25, -0.2) is 0 Å². The van der Waals surface area contributed by atoms with E-state index in [9.17, 15) is 0 Å². The van der Waals surface area contributed by atoms with Crippen molar-refractivity contribution in [2.75, 3.05) is 12.4 Å². The molecule has 1 aromatic heterocycles. The van der Waals surface area contributed by atoms with Crippen LogP contribution >= 0.6 is 22.9 Å². The van der Waals surface area contributed by atoms with Crippen LogP contribution in [0.15, 0.2) is 29.6 Å². The Bertz CT molecular complexity index is 530. The molecule has 19 heavy (non-hydrogen) atoms. The van der Waals surface area contributed by atoms with Crippen LogP contribution < -0.4 is 0 Å². The zero-order valence-corrected chi connectivity index (χ0v) is 12.7. The molecule has 1 aromatic carbocycles. The van der Waals surface area contributed by atoms with Crippen molar-refractivity contribution in [3.05, 3.63) is 35.2 Å². The van der Waals surface area contributed by atoms with Gasteiger partial charge in [-0.15, -0.1) is 22.9 Å². The third-order valence-electron chi connectivity index (χ3n) is 4.15. The number of rotatable bonds is 5. The van der Waals surface area contributed by atoms with Crippen LogP contribution in [0.1, 0.15) is 31.2 Å². The average molecular weight is 294 g/mol. The zero-order chi connectivity index (χ0) is 13.1. The molecule has 1 aliphatic carbocycles. The van der Waals surface area contributed by atoms with Gasteiger partial charge in [-0.1, -0.05) is 31.0 Å². The zero-order valence-electron chi connectivity index (χ0n) is 11.1. The molecule has 0 bridgehead atoms. The van der Waals surface area contributed by atoms with E-state index in [1.54, 1.807) is 0 Å². The molecule has 1 aliphatic rings. The first kappa shape index (κ1) is 13.4. The van der Waals surface area contributed by atoms with Gasteiger partial charge < -0.3 is 0 Å². The van der Waals surface area contributed by atoms with E-state index in [0.717, 1.165) is 25.0 Å². The Balaban J connectivity index is 1.80. The first-order chi connectivity index (χ1) is 9.38. The number of fused-ring (bicyclic) bond motifs is 1. The number of nitrogens with zero attached hydrogens (tertiary/aromatic N) is 1. The fraction of sp³-hybridized carbons (Fsp3) is 0.500. The highest BCUT2D eigenvalue weighted by atomic mass is 35.5. The minimum absolute atomic E-state index is 0.735. The maximum atomic E-state index is 5.99. The SMILES string of the molecule is ClCCN(Cc1csc2ccccc12)C1CCCC1. The molecule has 0 amide bonds. The number of thiophene rings is 1.